The summed E-state index contributed by atoms with van der Waals surface area (Å²) in [5.41, 5.74) is 1.63. The van der Waals surface area contributed by atoms with Gasteiger partial charge in [0, 0.05) is 29.2 Å². The van der Waals surface area contributed by atoms with E-state index in [1.54, 1.807) is 12.1 Å². The highest BCUT2D eigenvalue weighted by atomic mass is 32.2. The lowest BCUT2D eigenvalue weighted by atomic mass is 9.86. The van der Waals surface area contributed by atoms with Crippen LogP contribution in [0.25, 0.3) is 0 Å². The van der Waals surface area contributed by atoms with Gasteiger partial charge in [0.05, 0.1) is 6.26 Å². The van der Waals surface area contributed by atoms with Gasteiger partial charge in [-0.05, 0) is 55.9 Å². The molecule has 7 heteroatoms. The SMILES string of the molecule is CC(C)SNC1CCC(CNc2ccc(NS(C)(=O)=O)cc2)CC1. The van der Waals surface area contributed by atoms with E-state index in [-0.39, 0.29) is 0 Å². The average Bonchev–Trinajstić information content (AvgIpc) is 2.52. The fraction of sp³-hybridized carbons (Fsp3) is 0.647. The Morgan fingerprint density at radius 2 is 1.67 bits per heavy atom. The molecule has 0 heterocycles. The fourth-order valence-electron chi connectivity index (χ4n) is 2.85. The summed E-state index contributed by atoms with van der Waals surface area (Å²) >= 11 is 1.84. The highest BCUT2D eigenvalue weighted by Crippen LogP contribution is 2.26. The maximum atomic E-state index is 11.2. The molecule has 1 aliphatic carbocycles. The van der Waals surface area contributed by atoms with E-state index in [2.05, 4.69) is 28.6 Å². The third kappa shape index (κ3) is 7.32. The molecule has 0 spiro atoms. The molecule has 24 heavy (non-hydrogen) atoms. The van der Waals surface area contributed by atoms with E-state index in [1.807, 2.05) is 24.1 Å². The van der Waals surface area contributed by atoms with Gasteiger partial charge < -0.3 is 5.32 Å². The Morgan fingerprint density at radius 3 is 2.21 bits per heavy atom. The smallest absolute Gasteiger partial charge is 0.229 e. The van der Waals surface area contributed by atoms with Crippen LogP contribution >= 0.6 is 11.9 Å². The van der Waals surface area contributed by atoms with E-state index in [1.165, 1.54) is 25.7 Å². The minimum Gasteiger partial charge on any atom is -0.385 e. The molecule has 136 valence electrons. The molecule has 0 saturated heterocycles. The third-order valence-electron chi connectivity index (χ3n) is 4.10. The molecule has 5 nitrogen and oxygen atoms in total. The van der Waals surface area contributed by atoms with Crippen LogP contribution in [-0.4, -0.2) is 32.5 Å². The lowest BCUT2D eigenvalue weighted by Gasteiger charge is -2.29. The Labute approximate surface area is 150 Å². The number of hydrogen-bond donors (Lipinski definition) is 3. The standard InChI is InChI=1S/C17H29N3O2S2/c1-13(2)23-19-16-6-4-14(5-7-16)12-18-15-8-10-17(11-9-15)20-24(3,21)22/h8-11,13-14,16,18-20H,4-7,12H2,1-3H3. The van der Waals surface area contributed by atoms with Gasteiger partial charge >= 0.3 is 0 Å². The topological polar surface area (TPSA) is 70.2 Å². The van der Waals surface area contributed by atoms with E-state index in [0.29, 0.717) is 22.9 Å². The highest BCUT2D eigenvalue weighted by Gasteiger charge is 2.21. The number of hydrogen-bond acceptors (Lipinski definition) is 5. The fourth-order valence-corrected chi connectivity index (χ4v) is 4.11. The Hall–Kier alpha value is -0.920. The second-order valence-electron chi connectivity index (χ2n) is 6.83. The Bertz CT molecular complexity index is 595. The molecular weight excluding hydrogens is 342 g/mol. The van der Waals surface area contributed by atoms with Crippen molar-refractivity contribution >= 4 is 33.3 Å². The van der Waals surface area contributed by atoms with Gasteiger partial charge in [-0.25, -0.2) is 8.42 Å². The van der Waals surface area contributed by atoms with Crippen molar-refractivity contribution in [2.75, 3.05) is 22.8 Å². The maximum absolute atomic E-state index is 11.2. The molecule has 0 unspecified atom stereocenters. The van der Waals surface area contributed by atoms with E-state index in [4.69, 9.17) is 0 Å². The molecule has 1 fully saturated rings. The Morgan fingerprint density at radius 1 is 1.08 bits per heavy atom. The van der Waals surface area contributed by atoms with E-state index < -0.39 is 10.0 Å². The van der Waals surface area contributed by atoms with Crippen molar-refractivity contribution in [3.05, 3.63) is 24.3 Å². The van der Waals surface area contributed by atoms with Crippen LogP contribution in [0.4, 0.5) is 11.4 Å². The second-order valence-corrected chi connectivity index (χ2v) is 10.00. The monoisotopic (exact) mass is 371 g/mol. The first-order valence-electron chi connectivity index (χ1n) is 8.55. The number of sulfonamides is 1. The summed E-state index contributed by atoms with van der Waals surface area (Å²) in [6.07, 6.45) is 6.13. The van der Waals surface area contributed by atoms with E-state index in [0.717, 1.165) is 18.5 Å². The minimum atomic E-state index is -3.21. The van der Waals surface area contributed by atoms with Gasteiger partial charge in [0.15, 0.2) is 0 Å². The van der Waals surface area contributed by atoms with Gasteiger partial charge in [-0.3, -0.25) is 9.44 Å². The Balaban J connectivity index is 1.71. The van der Waals surface area contributed by atoms with Crippen molar-refractivity contribution in [3.8, 4) is 0 Å². The molecule has 0 radical (unpaired) electrons. The van der Waals surface area contributed by atoms with Crippen LogP contribution in [0, 0.1) is 5.92 Å². The van der Waals surface area contributed by atoms with Crippen LogP contribution in [0.15, 0.2) is 24.3 Å². The lowest BCUT2D eigenvalue weighted by molar-refractivity contribution is 0.328. The molecule has 0 aromatic heterocycles. The predicted molar refractivity (Wildman–Crippen MR) is 105 cm³/mol. The van der Waals surface area contributed by atoms with Crippen molar-refractivity contribution in [1.82, 2.24) is 4.72 Å². The molecule has 0 amide bonds. The molecule has 1 aromatic rings. The lowest BCUT2D eigenvalue weighted by Crippen LogP contribution is -2.31. The summed E-state index contributed by atoms with van der Waals surface area (Å²) in [6, 6.07) is 8.05. The van der Waals surface area contributed by atoms with E-state index >= 15 is 0 Å². The summed E-state index contributed by atoms with van der Waals surface area (Å²) in [4.78, 5) is 0. The predicted octanol–water partition coefficient (Wildman–Crippen LogP) is 3.68. The minimum absolute atomic E-state index is 0.595. The van der Waals surface area contributed by atoms with Crippen molar-refractivity contribution in [2.45, 2.75) is 50.8 Å². The molecule has 0 atom stereocenters. The van der Waals surface area contributed by atoms with Gasteiger partial charge in [0.25, 0.3) is 0 Å². The van der Waals surface area contributed by atoms with Gasteiger partial charge in [0.1, 0.15) is 0 Å². The molecule has 2 rings (SSSR count). The van der Waals surface area contributed by atoms with Gasteiger partial charge in [0.2, 0.25) is 10.0 Å². The van der Waals surface area contributed by atoms with Crippen LogP contribution in [0.1, 0.15) is 39.5 Å². The normalized spacial score (nSPS) is 21.7. The van der Waals surface area contributed by atoms with Gasteiger partial charge in [-0.2, -0.15) is 0 Å². The molecule has 1 aliphatic rings. The molecule has 0 bridgehead atoms. The summed E-state index contributed by atoms with van der Waals surface area (Å²) < 4.78 is 28.4. The number of nitrogens with one attached hydrogen (secondary N) is 3. The summed E-state index contributed by atoms with van der Waals surface area (Å²) in [5.74, 6) is 0.709. The van der Waals surface area contributed by atoms with Crippen molar-refractivity contribution in [3.63, 3.8) is 0 Å². The zero-order chi connectivity index (χ0) is 17.6. The van der Waals surface area contributed by atoms with Crippen molar-refractivity contribution in [1.29, 1.82) is 0 Å². The summed E-state index contributed by atoms with van der Waals surface area (Å²) in [7, 11) is -3.21. The highest BCUT2D eigenvalue weighted by molar-refractivity contribution is 7.98. The average molecular weight is 372 g/mol. The second kappa shape index (κ2) is 8.97. The van der Waals surface area contributed by atoms with Crippen LogP contribution in [0.3, 0.4) is 0 Å². The van der Waals surface area contributed by atoms with E-state index in [9.17, 15) is 8.42 Å². The first-order valence-corrected chi connectivity index (χ1v) is 11.3. The van der Waals surface area contributed by atoms with Gasteiger partial charge in [-0.1, -0.05) is 25.8 Å². The van der Waals surface area contributed by atoms with Crippen LogP contribution in [-0.2, 0) is 10.0 Å². The van der Waals surface area contributed by atoms with Crippen LogP contribution in [0.5, 0.6) is 0 Å². The van der Waals surface area contributed by atoms with Crippen molar-refractivity contribution in [2.24, 2.45) is 5.92 Å². The number of rotatable bonds is 8. The van der Waals surface area contributed by atoms with Crippen molar-refractivity contribution < 1.29 is 8.42 Å². The first-order chi connectivity index (χ1) is 11.3. The quantitative estimate of drug-likeness (QED) is 0.608. The third-order valence-corrected chi connectivity index (χ3v) is 5.65. The van der Waals surface area contributed by atoms with Gasteiger partial charge in [-0.15, -0.1) is 0 Å². The molecule has 1 saturated carbocycles. The maximum Gasteiger partial charge on any atom is 0.229 e. The zero-order valence-corrected chi connectivity index (χ0v) is 16.3. The summed E-state index contributed by atoms with van der Waals surface area (Å²) in [6.45, 7) is 5.40. The Kier molecular flexibility index (Phi) is 7.25. The number of benzene rings is 1. The molecule has 1 aromatic carbocycles. The van der Waals surface area contributed by atoms with Crippen LogP contribution < -0.4 is 14.8 Å². The summed E-state index contributed by atoms with van der Waals surface area (Å²) in [5, 5.41) is 4.10. The largest absolute Gasteiger partial charge is 0.385 e. The van der Waals surface area contributed by atoms with Crippen LogP contribution in [0.2, 0.25) is 0 Å². The number of anilines is 2. The molecule has 0 aliphatic heterocycles. The molecule has 3 N–H and O–H groups in total. The first kappa shape index (κ1) is 19.4. The molecular formula is C17H29N3O2S2. The zero-order valence-electron chi connectivity index (χ0n) is 14.7.